The minimum Gasteiger partial charge on any atom is -0.481 e. The topological polar surface area (TPSA) is 74.7 Å². The summed E-state index contributed by atoms with van der Waals surface area (Å²) in [6.07, 6.45) is -0.0315. The summed E-state index contributed by atoms with van der Waals surface area (Å²) in [7, 11) is 0. The van der Waals surface area contributed by atoms with Crippen LogP contribution >= 0.6 is 0 Å². The third kappa shape index (κ3) is 6.84. The monoisotopic (exact) mass is 243 g/mol. The number of ketones is 2. The largest absolute Gasteiger partial charge is 0.481 e. The summed E-state index contributed by atoms with van der Waals surface area (Å²) < 4.78 is 0. The molecule has 1 N–H and O–H groups in total. The number of hydrogen-bond donors (Lipinski definition) is 1. The maximum atomic E-state index is 11.5. The van der Waals surface area contributed by atoms with E-state index in [9.17, 15) is 14.4 Å². The van der Waals surface area contributed by atoms with Gasteiger partial charge in [-0.3, -0.25) is 14.4 Å². The van der Waals surface area contributed by atoms with E-state index in [1.54, 1.807) is 0 Å². The molecule has 0 radical (unpaired) electrons. The third-order valence-corrected chi connectivity index (χ3v) is 2.66. The average Bonchev–Trinajstić information content (AvgIpc) is 2.16. The zero-order valence-corrected chi connectivity index (χ0v) is 10.7. The molecule has 5 heteroatoms. The van der Waals surface area contributed by atoms with E-state index in [4.69, 9.17) is 5.11 Å². The van der Waals surface area contributed by atoms with Crippen molar-refractivity contribution in [1.82, 2.24) is 4.90 Å². The van der Waals surface area contributed by atoms with Gasteiger partial charge in [-0.1, -0.05) is 13.8 Å². The predicted molar refractivity (Wildman–Crippen MR) is 63.9 cm³/mol. The zero-order valence-electron chi connectivity index (χ0n) is 10.7. The molecule has 0 spiro atoms. The highest BCUT2D eigenvalue weighted by atomic mass is 16.4. The average molecular weight is 243 g/mol. The molecule has 0 heterocycles. The molecule has 0 bridgehead atoms. The fourth-order valence-corrected chi connectivity index (χ4v) is 1.91. The van der Waals surface area contributed by atoms with E-state index in [0.29, 0.717) is 6.42 Å². The van der Waals surface area contributed by atoms with Crippen molar-refractivity contribution in [2.75, 3.05) is 13.1 Å². The highest BCUT2D eigenvalue weighted by Gasteiger charge is 2.21. The Bertz CT molecular complexity index is 284. The van der Waals surface area contributed by atoms with Crippen molar-refractivity contribution in [2.45, 2.75) is 46.1 Å². The predicted octanol–water partition coefficient (Wildman–Crippen LogP) is 1.11. The Morgan fingerprint density at radius 3 is 2.00 bits per heavy atom. The van der Waals surface area contributed by atoms with Gasteiger partial charge >= 0.3 is 5.97 Å². The van der Waals surface area contributed by atoms with Crippen LogP contribution in [0.2, 0.25) is 0 Å². The summed E-state index contributed by atoms with van der Waals surface area (Å²) in [6.45, 7) is 6.89. The van der Waals surface area contributed by atoms with E-state index in [-0.39, 0.29) is 24.0 Å². The van der Waals surface area contributed by atoms with Gasteiger partial charge in [-0.25, -0.2) is 0 Å². The van der Waals surface area contributed by atoms with Crippen LogP contribution in [0.4, 0.5) is 0 Å². The van der Waals surface area contributed by atoms with E-state index >= 15 is 0 Å². The first-order valence-corrected chi connectivity index (χ1v) is 5.87. The number of carbonyl (C=O) groups is 3. The molecule has 0 saturated heterocycles. The third-order valence-electron chi connectivity index (χ3n) is 2.66. The second kappa shape index (κ2) is 7.95. The summed E-state index contributed by atoms with van der Waals surface area (Å²) >= 11 is 0. The van der Waals surface area contributed by atoms with Crippen molar-refractivity contribution in [1.29, 1.82) is 0 Å². The van der Waals surface area contributed by atoms with Crippen LogP contribution in [0, 0.1) is 0 Å². The molecule has 0 amide bonds. The lowest BCUT2D eigenvalue weighted by molar-refractivity contribution is -0.140. The highest BCUT2D eigenvalue weighted by Crippen LogP contribution is 2.11. The molecule has 0 aliphatic rings. The number of hydrogen-bond acceptors (Lipinski definition) is 4. The standard InChI is InChI=1S/C12H21NO4/c1-4-13(5-2)10(6-9(3)14)7-11(15)8-12(16)17/h10H,4-8H2,1-3H3,(H,16,17). The Kier molecular flexibility index (Phi) is 7.37. The molecule has 17 heavy (non-hydrogen) atoms. The van der Waals surface area contributed by atoms with Gasteiger partial charge < -0.3 is 10.0 Å². The van der Waals surface area contributed by atoms with Crippen LogP contribution < -0.4 is 0 Å². The smallest absolute Gasteiger partial charge is 0.310 e. The highest BCUT2D eigenvalue weighted by molar-refractivity contribution is 5.95. The lowest BCUT2D eigenvalue weighted by Gasteiger charge is -2.28. The number of aliphatic carboxylic acids is 1. The Hall–Kier alpha value is -1.23. The zero-order chi connectivity index (χ0) is 13.4. The molecule has 0 fully saturated rings. The van der Waals surface area contributed by atoms with E-state index in [1.807, 2.05) is 18.7 Å². The number of Topliss-reactive ketones (excluding diaryl/α,β-unsaturated/α-hetero) is 2. The van der Waals surface area contributed by atoms with E-state index in [0.717, 1.165) is 13.1 Å². The molecule has 0 aromatic rings. The first kappa shape index (κ1) is 15.8. The lowest BCUT2D eigenvalue weighted by atomic mass is 10.0. The maximum absolute atomic E-state index is 11.5. The summed E-state index contributed by atoms with van der Waals surface area (Å²) in [5, 5.41) is 8.53. The number of carbonyl (C=O) groups excluding carboxylic acids is 2. The van der Waals surface area contributed by atoms with E-state index < -0.39 is 12.4 Å². The van der Waals surface area contributed by atoms with Crippen molar-refractivity contribution in [3.63, 3.8) is 0 Å². The second-order valence-electron chi connectivity index (χ2n) is 4.09. The molecule has 1 unspecified atom stereocenters. The molecule has 0 rings (SSSR count). The first-order valence-electron chi connectivity index (χ1n) is 5.87. The van der Waals surface area contributed by atoms with Crippen molar-refractivity contribution < 1.29 is 19.5 Å². The van der Waals surface area contributed by atoms with Gasteiger partial charge in [0.2, 0.25) is 0 Å². The molecule has 98 valence electrons. The molecule has 0 aromatic heterocycles. The normalized spacial score (nSPS) is 12.5. The van der Waals surface area contributed by atoms with Crippen LogP contribution in [0.3, 0.4) is 0 Å². The van der Waals surface area contributed by atoms with E-state index in [1.165, 1.54) is 6.92 Å². The van der Waals surface area contributed by atoms with Crippen molar-refractivity contribution in [3.05, 3.63) is 0 Å². The van der Waals surface area contributed by atoms with Crippen molar-refractivity contribution >= 4 is 17.5 Å². The first-order chi connectivity index (χ1) is 7.90. The number of nitrogens with zero attached hydrogens (tertiary/aromatic N) is 1. The quantitative estimate of drug-likeness (QED) is 0.614. The van der Waals surface area contributed by atoms with Crippen LogP contribution in [0.5, 0.6) is 0 Å². The summed E-state index contributed by atoms with van der Waals surface area (Å²) in [4.78, 5) is 35.0. The van der Waals surface area contributed by atoms with E-state index in [2.05, 4.69) is 0 Å². The van der Waals surface area contributed by atoms with Gasteiger partial charge in [-0.05, 0) is 20.0 Å². The molecule has 0 aromatic carbocycles. The van der Waals surface area contributed by atoms with Gasteiger partial charge in [0, 0.05) is 18.9 Å². The van der Waals surface area contributed by atoms with Gasteiger partial charge in [-0.15, -0.1) is 0 Å². The number of rotatable bonds is 9. The molecular weight excluding hydrogens is 222 g/mol. The molecule has 0 aliphatic heterocycles. The minimum absolute atomic E-state index is 0.0185. The Morgan fingerprint density at radius 2 is 1.65 bits per heavy atom. The molecule has 1 atom stereocenters. The fraction of sp³-hybridized carbons (Fsp3) is 0.750. The van der Waals surface area contributed by atoms with Crippen molar-refractivity contribution in [2.24, 2.45) is 0 Å². The Labute approximate surface area is 102 Å². The number of carboxylic acid groups (broad SMARTS) is 1. The van der Waals surface area contributed by atoms with Gasteiger partial charge in [0.05, 0.1) is 0 Å². The summed E-state index contributed by atoms with van der Waals surface area (Å²) in [5.41, 5.74) is 0. The van der Waals surface area contributed by atoms with Crippen LogP contribution in [0.15, 0.2) is 0 Å². The van der Waals surface area contributed by atoms with Gasteiger partial charge in [0.25, 0.3) is 0 Å². The SMILES string of the molecule is CCN(CC)C(CC(C)=O)CC(=O)CC(=O)O. The van der Waals surface area contributed by atoms with Gasteiger partial charge in [0.1, 0.15) is 18.0 Å². The van der Waals surface area contributed by atoms with Crippen molar-refractivity contribution in [3.8, 4) is 0 Å². The van der Waals surface area contributed by atoms with Crippen LogP contribution in [-0.4, -0.2) is 46.7 Å². The Morgan fingerprint density at radius 1 is 1.12 bits per heavy atom. The molecule has 0 saturated carbocycles. The van der Waals surface area contributed by atoms with Crippen LogP contribution in [-0.2, 0) is 14.4 Å². The summed E-state index contributed by atoms with van der Waals surface area (Å²) in [6, 6.07) is -0.172. The lowest BCUT2D eigenvalue weighted by Crippen LogP contribution is -2.38. The molecular formula is C12H21NO4. The van der Waals surface area contributed by atoms with Gasteiger partial charge in [-0.2, -0.15) is 0 Å². The minimum atomic E-state index is -1.11. The molecule has 0 aliphatic carbocycles. The van der Waals surface area contributed by atoms with Crippen LogP contribution in [0.1, 0.15) is 40.0 Å². The second-order valence-corrected chi connectivity index (χ2v) is 4.09. The Balaban J connectivity index is 4.51. The van der Waals surface area contributed by atoms with Gasteiger partial charge in [0.15, 0.2) is 0 Å². The molecule has 5 nitrogen and oxygen atoms in total. The van der Waals surface area contributed by atoms with Crippen LogP contribution in [0.25, 0.3) is 0 Å². The number of carboxylic acids is 1. The summed E-state index contributed by atoms with van der Waals surface area (Å²) in [5.74, 6) is -1.42. The maximum Gasteiger partial charge on any atom is 0.310 e. The fourth-order valence-electron chi connectivity index (χ4n) is 1.91.